The van der Waals surface area contributed by atoms with Crippen molar-refractivity contribution in [2.45, 2.75) is 46.0 Å². The summed E-state index contributed by atoms with van der Waals surface area (Å²) in [5.41, 5.74) is 0.0834. The fraction of sp³-hybridized carbons (Fsp3) is 0.917. The van der Waals surface area contributed by atoms with Crippen LogP contribution < -0.4 is 0 Å². The lowest BCUT2D eigenvalue weighted by Crippen LogP contribution is -2.24. The van der Waals surface area contributed by atoms with Crippen molar-refractivity contribution in [3.05, 3.63) is 0 Å². The summed E-state index contributed by atoms with van der Waals surface area (Å²) in [5.74, 6) is -0.222. The van der Waals surface area contributed by atoms with E-state index in [-0.39, 0.29) is 17.5 Å². The summed E-state index contributed by atoms with van der Waals surface area (Å²) >= 11 is 0. The maximum absolute atomic E-state index is 10.8. The molecule has 4 heteroatoms. The van der Waals surface area contributed by atoms with Gasteiger partial charge in [0, 0.05) is 12.3 Å². The lowest BCUT2D eigenvalue weighted by Gasteiger charge is -2.18. The van der Waals surface area contributed by atoms with Crippen molar-refractivity contribution < 1.29 is 19.0 Å². The van der Waals surface area contributed by atoms with Crippen LogP contribution >= 0.6 is 0 Å². The molecule has 92 valence electrons. The zero-order valence-corrected chi connectivity index (χ0v) is 10.4. The first kappa shape index (κ1) is 11.9. The number of carbonyl (C=O) groups is 1. The molecule has 0 bridgehead atoms. The van der Waals surface area contributed by atoms with Gasteiger partial charge in [0.1, 0.15) is 0 Å². The molecular formula is C12H20O4. The van der Waals surface area contributed by atoms with E-state index in [0.717, 1.165) is 6.42 Å². The summed E-state index contributed by atoms with van der Waals surface area (Å²) in [6.45, 7) is 8.58. The van der Waals surface area contributed by atoms with Gasteiger partial charge in [-0.15, -0.1) is 0 Å². The number of rotatable bonds is 3. The van der Waals surface area contributed by atoms with E-state index in [4.69, 9.17) is 14.2 Å². The minimum atomic E-state index is -0.463. The fourth-order valence-corrected chi connectivity index (χ4v) is 2.37. The van der Waals surface area contributed by atoms with E-state index in [1.165, 1.54) is 6.92 Å². The van der Waals surface area contributed by atoms with Crippen molar-refractivity contribution in [1.82, 2.24) is 0 Å². The summed E-state index contributed by atoms with van der Waals surface area (Å²) in [6.07, 6.45) is 1.19. The van der Waals surface area contributed by atoms with Gasteiger partial charge in [0.2, 0.25) is 0 Å². The highest BCUT2D eigenvalue weighted by Gasteiger charge is 2.57. The van der Waals surface area contributed by atoms with Crippen LogP contribution in [0.25, 0.3) is 0 Å². The van der Waals surface area contributed by atoms with Crippen LogP contribution in [0.4, 0.5) is 0 Å². The quantitative estimate of drug-likeness (QED) is 0.690. The molecule has 0 aromatic carbocycles. The van der Waals surface area contributed by atoms with Gasteiger partial charge in [-0.25, -0.2) is 0 Å². The van der Waals surface area contributed by atoms with Gasteiger partial charge in [0.05, 0.1) is 19.3 Å². The topological polar surface area (TPSA) is 44.8 Å². The van der Waals surface area contributed by atoms with Crippen LogP contribution in [-0.2, 0) is 19.0 Å². The van der Waals surface area contributed by atoms with E-state index < -0.39 is 5.79 Å². The molecule has 1 saturated carbocycles. The van der Waals surface area contributed by atoms with Gasteiger partial charge in [-0.1, -0.05) is 6.92 Å². The number of hydrogen-bond acceptors (Lipinski definition) is 4. The molecule has 1 aliphatic heterocycles. The van der Waals surface area contributed by atoms with Gasteiger partial charge in [0.25, 0.3) is 0 Å². The Morgan fingerprint density at radius 2 is 2.12 bits per heavy atom. The molecule has 1 saturated heterocycles. The van der Waals surface area contributed by atoms with Gasteiger partial charge in [0.15, 0.2) is 5.79 Å². The molecule has 2 aliphatic rings. The lowest BCUT2D eigenvalue weighted by atomic mass is 10.1. The zero-order valence-electron chi connectivity index (χ0n) is 10.4. The third-order valence-electron chi connectivity index (χ3n) is 3.51. The maximum atomic E-state index is 10.8. The number of esters is 1. The fourth-order valence-electron chi connectivity index (χ4n) is 2.37. The predicted molar refractivity (Wildman–Crippen MR) is 57.8 cm³/mol. The highest BCUT2D eigenvalue weighted by atomic mass is 16.7. The van der Waals surface area contributed by atoms with Crippen molar-refractivity contribution in [2.75, 3.05) is 13.2 Å². The van der Waals surface area contributed by atoms with Crippen molar-refractivity contribution in [3.8, 4) is 0 Å². The Labute approximate surface area is 96.2 Å². The second kappa shape index (κ2) is 3.70. The molecule has 16 heavy (non-hydrogen) atoms. The molecule has 3 atom stereocenters. The van der Waals surface area contributed by atoms with Crippen molar-refractivity contribution >= 4 is 5.97 Å². The highest BCUT2D eigenvalue weighted by molar-refractivity contribution is 5.65. The van der Waals surface area contributed by atoms with Crippen LogP contribution in [-0.4, -0.2) is 31.1 Å². The molecule has 0 aromatic heterocycles. The van der Waals surface area contributed by atoms with Crippen molar-refractivity contribution in [1.29, 1.82) is 0 Å². The SMILES string of the molecule is CC(=O)OC[C@@]1(C)C[C@@H]1[C@@H]1COC(C)(C)O1. The van der Waals surface area contributed by atoms with E-state index >= 15 is 0 Å². The van der Waals surface area contributed by atoms with Gasteiger partial charge >= 0.3 is 5.97 Å². The minimum Gasteiger partial charge on any atom is -0.465 e. The summed E-state index contributed by atoms with van der Waals surface area (Å²) in [5, 5.41) is 0. The monoisotopic (exact) mass is 228 g/mol. The number of ether oxygens (including phenoxy) is 3. The number of carbonyl (C=O) groups excluding carboxylic acids is 1. The van der Waals surface area contributed by atoms with Crippen LogP contribution in [0.3, 0.4) is 0 Å². The normalized spacial score (nSPS) is 40.8. The van der Waals surface area contributed by atoms with E-state index in [0.29, 0.717) is 19.1 Å². The second-order valence-corrected chi connectivity index (χ2v) is 5.61. The van der Waals surface area contributed by atoms with Gasteiger partial charge in [-0.2, -0.15) is 0 Å². The third-order valence-corrected chi connectivity index (χ3v) is 3.51. The minimum absolute atomic E-state index is 0.0834. The van der Waals surface area contributed by atoms with E-state index in [1.807, 2.05) is 13.8 Å². The van der Waals surface area contributed by atoms with E-state index in [1.54, 1.807) is 0 Å². The molecule has 0 amide bonds. The van der Waals surface area contributed by atoms with Crippen LogP contribution in [0.2, 0.25) is 0 Å². The summed E-state index contributed by atoms with van der Waals surface area (Å²) in [4.78, 5) is 10.8. The summed E-state index contributed by atoms with van der Waals surface area (Å²) in [7, 11) is 0. The molecule has 0 N–H and O–H groups in total. The van der Waals surface area contributed by atoms with Crippen molar-refractivity contribution in [3.63, 3.8) is 0 Å². The van der Waals surface area contributed by atoms with Gasteiger partial charge in [-0.05, 0) is 26.2 Å². The lowest BCUT2D eigenvalue weighted by molar-refractivity contribution is -0.146. The zero-order chi connectivity index (χ0) is 12.0. The van der Waals surface area contributed by atoms with Gasteiger partial charge in [-0.3, -0.25) is 4.79 Å². The molecule has 4 nitrogen and oxygen atoms in total. The molecule has 2 rings (SSSR count). The first-order chi connectivity index (χ1) is 7.32. The molecular weight excluding hydrogens is 208 g/mol. The highest BCUT2D eigenvalue weighted by Crippen LogP contribution is 2.56. The number of hydrogen-bond donors (Lipinski definition) is 0. The Morgan fingerprint density at radius 3 is 2.62 bits per heavy atom. The van der Waals surface area contributed by atoms with Crippen molar-refractivity contribution in [2.24, 2.45) is 11.3 Å². The Kier molecular flexibility index (Phi) is 2.75. The first-order valence-corrected chi connectivity index (χ1v) is 5.78. The van der Waals surface area contributed by atoms with Crippen LogP contribution in [0, 0.1) is 11.3 Å². The first-order valence-electron chi connectivity index (χ1n) is 5.78. The largest absolute Gasteiger partial charge is 0.465 e. The van der Waals surface area contributed by atoms with Gasteiger partial charge < -0.3 is 14.2 Å². The molecule has 1 aliphatic carbocycles. The molecule has 0 spiro atoms. The standard InChI is InChI=1S/C12H20O4/c1-8(13)14-7-12(4)5-9(12)10-6-15-11(2,3)16-10/h9-10H,5-7H2,1-4H3/t9-,10+,12-/m1/s1. The van der Waals surface area contributed by atoms with Crippen LogP contribution in [0.15, 0.2) is 0 Å². The van der Waals surface area contributed by atoms with E-state index in [9.17, 15) is 4.79 Å². The third kappa shape index (κ3) is 2.38. The van der Waals surface area contributed by atoms with Crippen LogP contribution in [0.1, 0.15) is 34.1 Å². The Morgan fingerprint density at radius 1 is 1.44 bits per heavy atom. The average molecular weight is 228 g/mol. The average Bonchev–Trinajstić information content (AvgIpc) is 2.70. The Hall–Kier alpha value is -0.610. The molecule has 0 radical (unpaired) electrons. The molecule has 0 unspecified atom stereocenters. The maximum Gasteiger partial charge on any atom is 0.302 e. The smallest absolute Gasteiger partial charge is 0.302 e. The van der Waals surface area contributed by atoms with Crippen LogP contribution in [0.5, 0.6) is 0 Å². The predicted octanol–water partition coefficient (Wildman–Crippen LogP) is 1.73. The Bertz CT molecular complexity index is 299. The second-order valence-electron chi connectivity index (χ2n) is 5.61. The Balaban J connectivity index is 1.84. The summed E-state index contributed by atoms with van der Waals surface area (Å²) < 4.78 is 16.4. The van der Waals surface area contributed by atoms with E-state index in [2.05, 4.69) is 6.92 Å². The molecule has 2 fully saturated rings. The molecule has 1 heterocycles. The summed E-state index contributed by atoms with van der Waals surface area (Å²) in [6, 6.07) is 0. The molecule has 0 aromatic rings.